The van der Waals surface area contributed by atoms with Crippen LogP contribution in [-0.4, -0.2) is 31.1 Å². The van der Waals surface area contributed by atoms with Crippen molar-refractivity contribution in [3.05, 3.63) is 70.8 Å². The molecule has 2 aromatic carbocycles. The van der Waals surface area contributed by atoms with Crippen molar-refractivity contribution < 1.29 is 0 Å². The highest BCUT2D eigenvalue weighted by Gasteiger charge is 2.23. The number of hydrogen-bond acceptors (Lipinski definition) is 2. The lowest BCUT2D eigenvalue weighted by Crippen LogP contribution is -2.45. The van der Waals surface area contributed by atoms with E-state index in [0.717, 1.165) is 26.2 Å². The summed E-state index contributed by atoms with van der Waals surface area (Å²) in [6, 6.07) is 18.6. The van der Waals surface area contributed by atoms with E-state index in [1.54, 1.807) is 0 Å². The van der Waals surface area contributed by atoms with Gasteiger partial charge in [-0.3, -0.25) is 4.90 Å². The van der Waals surface area contributed by atoms with Gasteiger partial charge in [0.2, 0.25) is 0 Å². The Balaban J connectivity index is 1.95. The molecule has 2 nitrogen and oxygen atoms in total. The van der Waals surface area contributed by atoms with Crippen LogP contribution in [0.1, 0.15) is 48.1 Å². The molecule has 0 saturated carbocycles. The van der Waals surface area contributed by atoms with Crippen LogP contribution in [-0.2, 0) is 0 Å². The molecular formula is C21H28N2. The summed E-state index contributed by atoms with van der Waals surface area (Å²) in [5.41, 5.74) is 5.54. The summed E-state index contributed by atoms with van der Waals surface area (Å²) in [6.45, 7) is 11.0. The topological polar surface area (TPSA) is 15.3 Å². The smallest absolute Gasteiger partial charge is 0.0602 e. The van der Waals surface area contributed by atoms with E-state index in [0.29, 0.717) is 12.0 Å². The van der Waals surface area contributed by atoms with Gasteiger partial charge in [-0.15, -0.1) is 0 Å². The minimum Gasteiger partial charge on any atom is -0.314 e. The highest BCUT2D eigenvalue weighted by atomic mass is 15.2. The number of hydrogen-bond donors (Lipinski definition) is 1. The van der Waals surface area contributed by atoms with Crippen molar-refractivity contribution in [1.82, 2.24) is 10.2 Å². The van der Waals surface area contributed by atoms with E-state index in [2.05, 4.69) is 79.5 Å². The lowest BCUT2D eigenvalue weighted by atomic mass is 9.93. The number of benzene rings is 2. The largest absolute Gasteiger partial charge is 0.314 e. The normalized spacial score (nSPS) is 17.4. The Labute approximate surface area is 140 Å². The summed E-state index contributed by atoms with van der Waals surface area (Å²) in [5, 5.41) is 3.46. The van der Waals surface area contributed by atoms with E-state index in [-0.39, 0.29) is 0 Å². The summed E-state index contributed by atoms with van der Waals surface area (Å²) in [6.07, 6.45) is 0. The van der Waals surface area contributed by atoms with Crippen molar-refractivity contribution in [2.75, 3.05) is 26.2 Å². The van der Waals surface area contributed by atoms with Crippen molar-refractivity contribution in [1.29, 1.82) is 0 Å². The van der Waals surface area contributed by atoms with Crippen molar-refractivity contribution in [2.45, 2.75) is 32.7 Å². The number of aryl methyl sites for hydroxylation is 1. The summed E-state index contributed by atoms with van der Waals surface area (Å²) in [4.78, 5) is 2.60. The van der Waals surface area contributed by atoms with Crippen LogP contribution in [0.15, 0.2) is 48.5 Å². The Bertz CT molecular complexity index is 607. The van der Waals surface area contributed by atoms with Crippen LogP contribution in [0.25, 0.3) is 0 Å². The highest BCUT2D eigenvalue weighted by molar-refractivity contribution is 5.35. The second-order valence-corrected chi connectivity index (χ2v) is 6.92. The van der Waals surface area contributed by atoms with E-state index < -0.39 is 0 Å². The monoisotopic (exact) mass is 308 g/mol. The van der Waals surface area contributed by atoms with Crippen molar-refractivity contribution in [3.8, 4) is 0 Å². The van der Waals surface area contributed by atoms with Gasteiger partial charge in [0.25, 0.3) is 0 Å². The molecule has 3 rings (SSSR count). The van der Waals surface area contributed by atoms with Crippen LogP contribution in [0.2, 0.25) is 0 Å². The molecule has 1 aliphatic heterocycles. The molecule has 1 heterocycles. The van der Waals surface area contributed by atoms with Gasteiger partial charge in [-0.05, 0) is 29.5 Å². The van der Waals surface area contributed by atoms with Crippen molar-refractivity contribution in [3.63, 3.8) is 0 Å². The van der Waals surface area contributed by atoms with Crippen LogP contribution in [0.4, 0.5) is 0 Å². The minimum atomic E-state index is 0.360. The van der Waals surface area contributed by atoms with Crippen LogP contribution in [0, 0.1) is 6.92 Å². The molecule has 1 aliphatic rings. The van der Waals surface area contributed by atoms with Gasteiger partial charge in [-0.25, -0.2) is 0 Å². The minimum absolute atomic E-state index is 0.360. The molecule has 2 aromatic rings. The Hall–Kier alpha value is -1.64. The second kappa shape index (κ2) is 7.29. The fourth-order valence-electron chi connectivity index (χ4n) is 3.37. The SMILES string of the molecule is Cc1ccc(C(c2ccc(C(C)C)cc2)N2CCNCC2)cc1. The molecule has 0 bridgehead atoms. The van der Waals surface area contributed by atoms with E-state index in [1.165, 1.54) is 22.3 Å². The van der Waals surface area contributed by atoms with Gasteiger partial charge in [0.15, 0.2) is 0 Å². The lowest BCUT2D eigenvalue weighted by Gasteiger charge is -2.35. The molecule has 1 saturated heterocycles. The molecule has 23 heavy (non-hydrogen) atoms. The zero-order chi connectivity index (χ0) is 16.2. The Morgan fingerprint density at radius 2 is 1.26 bits per heavy atom. The molecule has 0 spiro atoms. The Morgan fingerprint density at radius 3 is 1.78 bits per heavy atom. The molecule has 0 aromatic heterocycles. The third-order valence-corrected chi connectivity index (χ3v) is 4.83. The van der Waals surface area contributed by atoms with Crippen LogP contribution in [0.3, 0.4) is 0 Å². The summed E-state index contributed by atoms with van der Waals surface area (Å²) in [7, 11) is 0. The van der Waals surface area contributed by atoms with E-state index in [1.807, 2.05) is 0 Å². The number of nitrogens with zero attached hydrogens (tertiary/aromatic N) is 1. The molecule has 1 unspecified atom stereocenters. The average Bonchev–Trinajstić information content (AvgIpc) is 2.58. The molecule has 0 amide bonds. The van der Waals surface area contributed by atoms with Crippen molar-refractivity contribution in [2.24, 2.45) is 0 Å². The highest BCUT2D eigenvalue weighted by Crippen LogP contribution is 2.30. The summed E-state index contributed by atoms with van der Waals surface area (Å²) < 4.78 is 0. The molecule has 0 radical (unpaired) electrons. The first-order valence-corrected chi connectivity index (χ1v) is 8.76. The first-order chi connectivity index (χ1) is 11.1. The summed E-state index contributed by atoms with van der Waals surface area (Å²) >= 11 is 0. The van der Waals surface area contributed by atoms with Gasteiger partial charge in [-0.1, -0.05) is 67.9 Å². The maximum atomic E-state index is 3.46. The van der Waals surface area contributed by atoms with Gasteiger partial charge >= 0.3 is 0 Å². The molecular weight excluding hydrogens is 280 g/mol. The Kier molecular flexibility index (Phi) is 5.14. The number of piperazine rings is 1. The maximum Gasteiger partial charge on any atom is 0.0602 e. The van der Waals surface area contributed by atoms with Gasteiger partial charge in [0.1, 0.15) is 0 Å². The quantitative estimate of drug-likeness (QED) is 0.914. The standard InChI is InChI=1S/C21H28N2/c1-16(2)18-8-10-20(11-9-18)21(23-14-12-22-13-15-23)19-6-4-17(3)5-7-19/h4-11,16,21-22H,12-15H2,1-3H3. The fraction of sp³-hybridized carbons (Fsp3) is 0.429. The Morgan fingerprint density at radius 1 is 0.783 bits per heavy atom. The molecule has 1 fully saturated rings. The van der Waals surface area contributed by atoms with E-state index >= 15 is 0 Å². The molecule has 122 valence electrons. The second-order valence-electron chi connectivity index (χ2n) is 6.92. The predicted molar refractivity (Wildman–Crippen MR) is 98.0 cm³/mol. The van der Waals surface area contributed by atoms with E-state index in [9.17, 15) is 0 Å². The third kappa shape index (κ3) is 3.82. The van der Waals surface area contributed by atoms with Crippen molar-refractivity contribution >= 4 is 0 Å². The van der Waals surface area contributed by atoms with E-state index in [4.69, 9.17) is 0 Å². The predicted octanol–water partition coefficient (Wildman–Crippen LogP) is 4.11. The first kappa shape index (κ1) is 16.2. The molecule has 0 aliphatic carbocycles. The van der Waals surface area contributed by atoms with Gasteiger partial charge in [-0.2, -0.15) is 0 Å². The van der Waals surface area contributed by atoms with Gasteiger partial charge in [0.05, 0.1) is 6.04 Å². The maximum absolute atomic E-state index is 3.46. The van der Waals surface area contributed by atoms with Crippen LogP contribution in [0.5, 0.6) is 0 Å². The molecule has 1 atom stereocenters. The fourth-order valence-corrected chi connectivity index (χ4v) is 3.37. The zero-order valence-corrected chi connectivity index (χ0v) is 14.5. The summed E-state index contributed by atoms with van der Waals surface area (Å²) in [5.74, 6) is 0.584. The first-order valence-electron chi connectivity index (χ1n) is 8.76. The van der Waals surface area contributed by atoms with Gasteiger partial charge < -0.3 is 5.32 Å². The number of nitrogens with one attached hydrogen (secondary N) is 1. The lowest BCUT2D eigenvalue weighted by molar-refractivity contribution is 0.198. The zero-order valence-electron chi connectivity index (χ0n) is 14.5. The third-order valence-electron chi connectivity index (χ3n) is 4.83. The number of rotatable bonds is 4. The van der Waals surface area contributed by atoms with Crippen LogP contribution >= 0.6 is 0 Å². The molecule has 2 heteroatoms. The van der Waals surface area contributed by atoms with Gasteiger partial charge in [0, 0.05) is 26.2 Å². The molecule has 1 N–H and O–H groups in total. The average molecular weight is 308 g/mol. The van der Waals surface area contributed by atoms with Crippen LogP contribution < -0.4 is 5.32 Å².